The number of aromatic nitrogens is 2. The van der Waals surface area contributed by atoms with Crippen LogP contribution in [0.2, 0.25) is 0 Å². The molecule has 1 rings (SSSR count). The van der Waals surface area contributed by atoms with Gasteiger partial charge in [0, 0.05) is 12.5 Å². The Hall–Kier alpha value is -1.50. The van der Waals surface area contributed by atoms with Gasteiger partial charge in [0.15, 0.2) is 6.29 Å². The average Bonchev–Trinajstić information content (AvgIpc) is 2.02. The van der Waals surface area contributed by atoms with Gasteiger partial charge in [-0.05, 0) is 0 Å². The topological polar surface area (TPSA) is 103 Å². The number of hydrogen-bond donors (Lipinski definition) is 1. The number of anilines is 1. The lowest BCUT2D eigenvalue weighted by molar-refractivity contribution is 0.112. The summed E-state index contributed by atoms with van der Waals surface area (Å²) in [6.45, 7) is 0. The van der Waals surface area contributed by atoms with Gasteiger partial charge in [0.05, 0.1) is 5.56 Å². The van der Waals surface area contributed by atoms with E-state index in [-0.39, 0.29) is 16.5 Å². The molecule has 0 aromatic carbocycles. The van der Waals surface area contributed by atoms with E-state index >= 15 is 0 Å². The molecule has 0 unspecified atom stereocenters. The molecule has 1 heterocycles. The van der Waals surface area contributed by atoms with E-state index in [2.05, 4.69) is 9.97 Å². The van der Waals surface area contributed by atoms with E-state index in [9.17, 15) is 13.2 Å². The van der Waals surface area contributed by atoms with Crippen LogP contribution in [-0.4, -0.2) is 30.9 Å². The zero-order valence-electron chi connectivity index (χ0n) is 6.76. The molecule has 0 atom stereocenters. The molecular weight excluding hydrogens is 194 g/mol. The van der Waals surface area contributed by atoms with Gasteiger partial charge in [0.1, 0.15) is 5.82 Å². The standard InChI is InChI=1S/C6H7N3O3S/c1-13(11,12)6-8-2-4(3-10)5(7)9-6/h2-3H,1H3,(H2,7,8,9). The molecule has 6 nitrogen and oxygen atoms in total. The molecular formula is C6H7N3O3S. The second-order valence-corrected chi connectivity index (χ2v) is 4.29. The van der Waals surface area contributed by atoms with E-state index in [1.165, 1.54) is 0 Å². The number of sulfone groups is 1. The summed E-state index contributed by atoms with van der Waals surface area (Å²) in [5.74, 6) is -0.134. The molecule has 0 aliphatic heterocycles. The number of nitrogen functional groups attached to an aromatic ring is 1. The van der Waals surface area contributed by atoms with Gasteiger partial charge >= 0.3 is 0 Å². The molecule has 1 aromatic rings. The van der Waals surface area contributed by atoms with Gasteiger partial charge in [-0.15, -0.1) is 0 Å². The van der Waals surface area contributed by atoms with E-state index < -0.39 is 9.84 Å². The minimum Gasteiger partial charge on any atom is -0.383 e. The summed E-state index contributed by atoms with van der Waals surface area (Å²) in [6, 6.07) is 0. The largest absolute Gasteiger partial charge is 0.383 e. The highest BCUT2D eigenvalue weighted by Crippen LogP contribution is 2.07. The van der Waals surface area contributed by atoms with Gasteiger partial charge in [-0.1, -0.05) is 0 Å². The molecule has 0 aliphatic carbocycles. The van der Waals surface area contributed by atoms with E-state index in [4.69, 9.17) is 5.73 Å². The van der Waals surface area contributed by atoms with Crippen LogP contribution in [0.15, 0.2) is 11.4 Å². The normalized spacial score (nSPS) is 11.2. The highest BCUT2D eigenvalue weighted by Gasteiger charge is 2.12. The molecule has 7 heteroatoms. The molecule has 0 aliphatic rings. The van der Waals surface area contributed by atoms with Crippen molar-refractivity contribution in [3.05, 3.63) is 11.8 Å². The Morgan fingerprint density at radius 2 is 2.15 bits per heavy atom. The van der Waals surface area contributed by atoms with Crippen LogP contribution in [0.3, 0.4) is 0 Å². The van der Waals surface area contributed by atoms with Crippen molar-refractivity contribution in [2.45, 2.75) is 5.16 Å². The van der Waals surface area contributed by atoms with Crippen molar-refractivity contribution in [3.8, 4) is 0 Å². The van der Waals surface area contributed by atoms with E-state index in [1.54, 1.807) is 0 Å². The monoisotopic (exact) mass is 201 g/mol. The molecule has 70 valence electrons. The van der Waals surface area contributed by atoms with Crippen LogP contribution in [-0.2, 0) is 9.84 Å². The summed E-state index contributed by atoms with van der Waals surface area (Å²) >= 11 is 0. The van der Waals surface area contributed by atoms with Gasteiger partial charge < -0.3 is 5.73 Å². The Morgan fingerprint density at radius 1 is 1.54 bits per heavy atom. The molecule has 0 spiro atoms. The fraction of sp³-hybridized carbons (Fsp3) is 0.167. The van der Waals surface area contributed by atoms with Gasteiger partial charge in [0.25, 0.3) is 0 Å². The van der Waals surface area contributed by atoms with Crippen LogP contribution >= 0.6 is 0 Å². The fourth-order valence-corrected chi connectivity index (χ4v) is 1.17. The lowest BCUT2D eigenvalue weighted by Crippen LogP contribution is -2.08. The van der Waals surface area contributed by atoms with Crippen molar-refractivity contribution < 1.29 is 13.2 Å². The Balaban J connectivity index is 3.34. The summed E-state index contributed by atoms with van der Waals surface area (Å²) in [5, 5.41) is -0.379. The van der Waals surface area contributed by atoms with Crippen molar-refractivity contribution in [1.29, 1.82) is 0 Å². The zero-order chi connectivity index (χ0) is 10.1. The highest BCUT2D eigenvalue weighted by atomic mass is 32.2. The quantitative estimate of drug-likeness (QED) is 0.500. The summed E-state index contributed by atoms with van der Waals surface area (Å²) in [6.07, 6.45) is 2.50. The van der Waals surface area contributed by atoms with Gasteiger partial charge in [-0.3, -0.25) is 4.79 Å². The van der Waals surface area contributed by atoms with E-state index in [0.29, 0.717) is 6.29 Å². The van der Waals surface area contributed by atoms with Crippen molar-refractivity contribution in [2.24, 2.45) is 0 Å². The first-order valence-corrected chi connectivity index (χ1v) is 5.12. The molecule has 0 saturated carbocycles. The van der Waals surface area contributed by atoms with Crippen molar-refractivity contribution in [1.82, 2.24) is 9.97 Å². The van der Waals surface area contributed by atoms with E-state index in [0.717, 1.165) is 12.5 Å². The lowest BCUT2D eigenvalue weighted by atomic mass is 10.3. The number of carbonyl (C=O) groups excluding carboxylic acids is 1. The van der Waals surface area contributed by atoms with Crippen LogP contribution in [0.1, 0.15) is 10.4 Å². The maximum atomic E-state index is 10.9. The number of carbonyl (C=O) groups is 1. The average molecular weight is 201 g/mol. The van der Waals surface area contributed by atoms with Crippen LogP contribution in [0, 0.1) is 0 Å². The fourth-order valence-electron chi connectivity index (χ4n) is 0.657. The SMILES string of the molecule is CS(=O)(=O)c1ncc(C=O)c(N)n1. The Morgan fingerprint density at radius 3 is 2.54 bits per heavy atom. The summed E-state index contributed by atoms with van der Waals surface area (Å²) in [7, 11) is -3.47. The zero-order valence-corrected chi connectivity index (χ0v) is 7.58. The predicted octanol–water partition coefficient (Wildman–Crippen LogP) is -0.725. The van der Waals surface area contributed by atoms with Crippen molar-refractivity contribution in [2.75, 3.05) is 12.0 Å². The molecule has 2 N–H and O–H groups in total. The smallest absolute Gasteiger partial charge is 0.248 e. The lowest BCUT2D eigenvalue weighted by Gasteiger charge is -1.99. The van der Waals surface area contributed by atoms with Gasteiger partial charge in [0.2, 0.25) is 15.0 Å². The second-order valence-electron chi connectivity index (χ2n) is 2.38. The number of hydrogen-bond acceptors (Lipinski definition) is 6. The first-order chi connectivity index (χ1) is 5.95. The maximum absolute atomic E-state index is 10.9. The van der Waals surface area contributed by atoms with Crippen LogP contribution in [0.5, 0.6) is 0 Å². The van der Waals surface area contributed by atoms with E-state index in [1.807, 2.05) is 0 Å². The van der Waals surface area contributed by atoms with Crippen molar-refractivity contribution >= 4 is 21.9 Å². The highest BCUT2D eigenvalue weighted by molar-refractivity contribution is 7.90. The minimum atomic E-state index is -3.47. The Kier molecular flexibility index (Phi) is 2.28. The van der Waals surface area contributed by atoms with Crippen molar-refractivity contribution in [3.63, 3.8) is 0 Å². The summed E-state index contributed by atoms with van der Waals surface area (Å²) in [4.78, 5) is 17.2. The predicted molar refractivity (Wildman–Crippen MR) is 44.9 cm³/mol. The molecule has 1 aromatic heterocycles. The van der Waals surface area contributed by atoms with Gasteiger partial charge in [-0.25, -0.2) is 18.4 Å². The van der Waals surface area contributed by atoms with Crippen LogP contribution < -0.4 is 5.73 Å². The molecule has 13 heavy (non-hydrogen) atoms. The van der Waals surface area contributed by atoms with Crippen LogP contribution in [0.4, 0.5) is 5.82 Å². The molecule has 0 bridgehead atoms. The third kappa shape index (κ3) is 2.00. The maximum Gasteiger partial charge on any atom is 0.248 e. The minimum absolute atomic E-state index is 0.0763. The molecule has 0 saturated heterocycles. The first-order valence-electron chi connectivity index (χ1n) is 3.23. The summed E-state index contributed by atoms with van der Waals surface area (Å²) < 4.78 is 21.8. The first kappa shape index (κ1) is 9.59. The van der Waals surface area contributed by atoms with Gasteiger partial charge in [-0.2, -0.15) is 0 Å². The Labute approximate surface area is 74.7 Å². The Bertz CT molecular complexity index is 440. The third-order valence-corrected chi connectivity index (χ3v) is 2.14. The summed E-state index contributed by atoms with van der Waals surface area (Å²) in [5.41, 5.74) is 5.36. The molecule has 0 fully saturated rings. The number of rotatable bonds is 2. The third-order valence-electron chi connectivity index (χ3n) is 1.28. The molecule has 0 amide bonds. The molecule has 0 radical (unpaired) electrons. The number of aldehydes is 1. The van der Waals surface area contributed by atoms with Crippen LogP contribution in [0.25, 0.3) is 0 Å². The number of nitrogens with two attached hydrogens (primary N) is 1. The second kappa shape index (κ2) is 3.09. The number of nitrogens with zero attached hydrogens (tertiary/aromatic N) is 2.